The van der Waals surface area contributed by atoms with E-state index in [9.17, 15) is 9.18 Å². The fourth-order valence-corrected chi connectivity index (χ4v) is 3.08. The molecule has 116 valence electrons. The molecule has 0 spiro atoms. The second kappa shape index (κ2) is 6.73. The summed E-state index contributed by atoms with van der Waals surface area (Å²) in [6.07, 6.45) is 4.91. The second-order valence-electron chi connectivity index (χ2n) is 5.90. The van der Waals surface area contributed by atoms with Gasteiger partial charge in [-0.25, -0.2) is 4.39 Å². The van der Waals surface area contributed by atoms with Crippen molar-refractivity contribution >= 4 is 5.91 Å². The van der Waals surface area contributed by atoms with Crippen molar-refractivity contribution < 1.29 is 9.18 Å². The SMILES string of the molecule is O=C(Cc1ccccc1F)N1CCCC(Cc2ccn[nH]2)C1. The quantitative estimate of drug-likeness (QED) is 0.943. The third-order valence-electron chi connectivity index (χ3n) is 4.24. The van der Waals surface area contributed by atoms with Gasteiger partial charge in [0, 0.05) is 25.0 Å². The number of hydrogen-bond acceptors (Lipinski definition) is 2. The molecule has 0 saturated carbocycles. The van der Waals surface area contributed by atoms with E-state index in [1.807, 2.05) is 11.0 Å². The number of carbonyl (C=O) groups is 1. The van der Waals surface area contributed by atoms with Crippen LogP contribution >= 0.6 is 0 Å². The van der Waals surface area contributed by atoms with Crippen LogP contribution in [-0.4, -0.2) is 34.1 Å². The van der Waals surface area contributed by atoms with Crippen LogP contribution in [0.25, 0.3) is 0 Å². The van der Waals surface area contributed by atoms with Crippen LogP contribution in [0.1, 0.15) is 24.1 Å². The molecule has 0 bridgehead atoms. The Kier molecular flexibility index (Phi) is 4.51. The summed E-state index contributed by atoms with van der Waals surface area (Å²) in [6, 6.07) is 8.47. The van der Waals surface area contributed by atoms with Crippen LogP contribution < -0.4 is 0 Å². The lowest BCUT2D eigenvalue weighted by Crippen LogP contribution is -2.41. The molecule has 0 aliphatic carbocycles. The first-order chi connectivity index (χ1) is 10.7. The minimum Gasteiger partial charge on any atom is -0.342 e. The molecule has 0 radical (unpaired) electrons. The predicted octanol–water partition coefficient (Wildman–Crippen LogP) is 2.57. The van der Waals surface area contributed by atoms with E-state index in [1.54, 1.807) is 24.4 Å². The summed E-state index contributed by atoms with van der Waals surface area (Å²) in [5.74, 6) is 0.153. The van der Waals surface area contributed by atoms with Crippen LogP contribution in [0.5, 0.6) is 0 Å². The Morgan fingerprint density at radius 2 is 2.23 bits per heavy atom. The number of likely N-dealkylation sites (tertiary alicyclic amines) is 1. The number of amides is 1. The molecule has 1 aromatic carbocycles. The molecule has 22 heavy (non-hydrogen) atoms. The van der Waals surface area contributed by atoms with Crippen LogP contribution in [0, 0.1) is 11.7 Å². The highest BCUT2D eigenvalue weighted by Gasteiger charge is 2.24. The summed E-state index contributed by atoms with van der Waals surface area (Å²) in [5, 5.41) is 6.93. The molecule has 3 rings (SSSR count). The molecule has 4 nitrogen and oxygen atoms in total. The van der Waals surface area contributed by atoms with Crippen molar-refractivity contribution in [3.63, 3.8) is 0 Å². The number of benzene rings is 1. The van der Waals surface area contributed by atoms with Gasteiger partial charge >= 0.3 is 0 Å². The van der Waals surface area contributed by atoms with E-state index in [-0.39, 0.29) is 18.1 Å². The Hall–Kier alpha value is -2.17. The zero-order chi connectivity index (χ0) is 15.4. The molecule has 2 aromatic rings. The lowest BCUT2D eigenvalue weighted by molar-refractivity contribution is -0.132. The zero-order valence-electron chi connectivity index (χ0n) is 12.5. The van der Waals surface area contributed by atoms with E-state index in [0.29, 0.717) is 11.5 Å². The highest BCUT2D eigenvalue weighted by molar-refractivity contribution is 5.78. The average molecular weight is 301 g/mol. The number of rotatable bonds is 4. The largest absolute Gasteiger partial charge is 0.342 e. The molecule has 1 N–H and O–H groups in total. The molecular weight excluding hydrogens is 281 g/mol. The standard InChI is InChI=1S/C17H20FN3O/c18-16-6-2-1-5-14(16)11-17(22)21-9-3-4-13(12-21)10-15-7-8-19-20-15/h1-2,5-8,13H,3-4,9-12H2,(H,19,20). The summed E-state index contributed by atoms with van der Waals surface area (Å²) in [4.78, 5) is 14.3. The van der Waals surface area contributed by atoms with E-state index in [1.165, 1.54) is 6.07 Å². The van der Waals surface area contributed by atoms with Crippen molar-refractivity contribution in [3.05, 3.63) is 53.6 Å². The highest BCUT2D eigenvalue weighted by atomic mass is 19.1. The first kappa shape index (κ1) is 14.8. The number of hydrogen-bond donors (Lipinski definition) is 1. The van der Waals surface area contributed by atoms with Crippen LogP contribution in [0.4, 0.5) is 4.39 Å². The Balaban J connectivity index is 1.59. The van der Waals surface area contributed by atoms with E-state index in [4.69, 9.17) is 0 Å². The lowest BCUT2D eigenvalue weighted by atomic mass is 9.93. The van der Waals surface area contributed by atoms with Gasteiger partial charge in [0.1, 0.15) is 5.82 Å². The molecule has 1 aliphatic rings. The van der Waals surface area contributed by atoms with Gasteiger partial charge in [0.15, 0.2) is 0 Å². The van der Waals surface area contributed by atoms with Crippen LogP contribution in [-0.2, 0) is 17.6 Å². The summed E-state index contributed by atoms with van der Waals surface area (Å²) in [6.45, 7) is 1.51. The van der Waals surface area contributed by atoms with Crippen molar-refractivity contribution in [3.8, 4) is 0 Å². The second-order valence-corrected chi connectivity index (χ2v) is 5.90. The van der Waals surface area contributed by atoms with E-state index in [0.717, 1.165) is 38.0 Å². The third-order valence-corrected chi connectivity index (χ3v) is 4.24. The summed E-state index contributed by atoms with van der Waals surface area (Å²) in [7, 11) is 0. The third kappa shape index (κ3) is 3.53. The van der Waals surface area contributed by atoms with E-state index >= 15 is 0 Å². The normalized spacial score (nSPS) is 18.4. The van der Waals surface area contributed by atoms with Gasteiger partial charge in [-0.3, -0.25) is 9.89 Å². The maximum absolute atomic E-state index is 13.7. The number of piperidine rings is 1. The summed E-state index contributed by atoms with van der Waals surface area (Å²) < 4.78 is 13.7. The van der Waals surface area contributed by atoms with Gasteiger partial charge < -0.3 is 4.90 Å². The smallest absolute Gasteiger partial charge is 0.227 e. The maximum Gasteiger partial charge on any atom is 0.227 e. The molecule has 2 heterocycles. The van der Waals surface area contributed by atoms with E-state index < -0.39 is 0 Å². The van der Waals surface area contributed by atoms with Crippen LogP contribution in [0.15, 0.2) is 36.5 Å². The molecule has 1 fully saturated rings. The van der Waals surface area contributed by atoms with Gasteiger partial charge in [0.2, 0.25) is 5.91 Å². The van der Waals surface area contributed by atoms with E-state index in [2.05, 4.69) is 10.2 Å². The molecule has 1 aliphatic heterocycles. The number of carbonyl (C=O) groups excluding carboxylic acids is 1. The van der Waals surface area contributed by atoms with Gasteiger partial charge in [0.05, 0.1) is 6.42 Å². The van der Waals surface area contributed by atoms with Crippen molar-refractivity contribution in [1.29, 1.82) is 0 Å². The number of nitrogens with zero attached hydrogens (tertiary/aromatic N) is 2. The Bertz CT molecular complexity index is 627. The van der Waals surface area contributed by atoms with Gasteiger partial charge in [-0.2, -0.15) is 5.10 Å². The molecule has 1 amide bonds. The first-order valence-corrected chi connectivity index (χ1v) is 7.72. The molecule has 5 heteroatoms. The number of nitrogens with one attached hydrogen (secondary N) is 1. The molecule has 1 atom stereocenters. The Labute approximate surface area is 129 Å². The van der Waals surface area contributed by atoms with Gasteiger partial charge in [-0.15, -0.1) is 0 Å². The fraction of sp³-hybridized carbons (Fsp3) is 0.412. The number of aromatic nitrogens is 2. The van der Waals surface area contributed by atoms with Crippen LogP contribution in [0.3, 0.4) is 0 Å². The van der Waals surface area contributed by atoms with Gasteiger partial charge in [-0.1, -0.05) is 18.2 Å². The lowest BCUT2D eigenvalue weighted by Gasteiger charge is -2.32. The molecule has 1 saturated heterocycles. The minimum absolute atomic E-state index is 0.0133. The van der Waals surface area contributed by atoms with Crippen molar-refractivity contribution in [2.24, 2.45) is 5.92 Å². The topological polar surface area (TPSA) is 49.0 Å². The van der Waals surface area contributed by atoms with Crippen molar-refractivity contribution in [2.75, 3.05) is 13.1 Å². The monoisotopic (exact) mass is 301 g/mol. The zero-order valence-corrected chi connectivity index (χ0v) is 12.5. The predicted molar refractivity (Wildman–Crippen MR) is 81.7 cm³/mol. The average Bonchev–Trinajstić information content (AvgIpc) is 3.03. The molecule has 1 unspecified atom stereocenters. The number of H-pyrrole nitrogens is 1. The molecule has 1 aromatic heterocycles. The van der Waals surface area contributed by atoms with Crippen molar-refractivity contribution in [1.82, 2.24) is 15.1 Å². The Morgan fingerprint density at radius 3 is 3.00 bits per heavy atom. The number of aromatic amines is 1. The minimum atomic E-state index is -0.304. The summed E-state index contributed by atoms with van der Waals surface area (Å²) >= 11 is 0. The van der Waals surface area contributed by atoms with Gasteiger partial charge in [0.25, 0.3) is 0 Å². The highest BCUT2D eigenvalue weighted by Crippen LogP contribution is 2.21. The van der Waals surface area contributed by atoms with Gasteiger partial charge in [-0.05, 0) is 42.9 Å². The van der Waals surface area contributed by atoms with Crippen LogP contribution in [0.2, 0.25) is 0 Å². The Morgan fingerprint density at radius 1 is 1.36 bits per heavy atom. The van der Waals surface area contributed by atoms with Crippen molar-refractivity contribution in [2.45, 2.75) is 25.7 Å². The first-order valence-electron chi connectivity index (χ1n) is 7.72. The summed E-state index contributed by atoms with van der Waals surface area (Å²) in [5.41, 5.74) is 1.58. The maximum atomic E-state index is 13.7. The molecular formula is C17H20FN3O. The fourth-order valence-electron chi connectivity index (χ4n) is 3.08. The number of halogens is 1.